The summed E-state index contributed by atoms with van der Waals surface area (Å²) in [5.74, 6) is -0.445. The van der Waals surface area contributed by atoms with Crippen molar-refractivity contribution in [1.29, 1.82) is 0 Å². The van der Waals surface area contributed by atoms with Gasteiger partial charge in [-0.05, 0) is 0 Å². The molecule has 1 aliphatic rings. The summed E-state index contributed by atoms with van der Waals surface area (Å²) in [7, 11) is 0. The summed E-state index contributed by atoms with van der Waals surface area (Å²) in [6.45, 7) is 4.26. The highest BCUT2D eigenvalue weighted by Gasteiger charge is 2.42. The molecule has 1 saturated heterocycles. The van der Waals surface area contributed by atoms with Crippen molar-refractivity contribution < 1.29 is 14.3 Å². The predicted octanol–water partition coefficient (Wildman–Crippen LogP) is 1.61. The van der Waals surface area contributed by atoms with Gasteiger partial charge in [-0.2, -0.15) is 0 Å². The molecule has 17 heavy (non-hydrogen) atoms. The van der Waals surface area contributed by atoms with Gasteiger partial charge in [-0.25, -0.2) is 0 Å². The highest BCUT2D eigenvalue weighted by molar-refractivity contribution is 5.79. The van der Waals surface area contributed by atoms with E-state index in [4.69, 9.17) is 15.2 Å². The Morgan fingerprint density at radius 2 is 2.00 bits per heavy atom. The van der Waals surface area contributed by atoms with E-state index in [0.717, 1.165) is 5.56 Å². The zero-order valence-corrected chi connectivity index (χ0v) is 10.1. The van der Waals surface area contributed by atoms with Crippen molar-refractivity contribution >= 4 is 5.91 Å². The van der Waals surface area contributed by atoms with Gasteiger partial charge in [0.25, 0.3) is 0 Å². The third-order valence-corrected chi connectivity index (χ3v) is 2.91. The topological polar surface area (TPSA) is 61.6 Å². The minimum absolute atomic E-state index is 0.392. The molecule has 0 aromatic heterocycles. The maximum absolute atomic E-state index is 11.4. The molecule has 0 radical (unpaired) electrons. The minimum Gasteiger partial charge on any atom is -0.367 e. The van der Waals surface area contributed by atoms with E-state index in [1.807, 2.05) is 44.2 Å². The second kappa shape index (κ2) is 4.47. The SMILES string of the molecule is CC1(C)COC(c2ccccc2)O[C@H]1C(N)=O. The van der Waals surface area contributed by atoms with Crippen LogP contribution >= 0.6 is 0 Å². The Kier molecular flexibility index (Phi) is 3.17. The first kappa shape index (κ1) is 12.1. The number of carbonyl (C=O) groups is 1. The molecule has 0 saturated carbocycles. The summed E-state index contributed by atoms with van der Waals surface area (Å²) in [6, 6.07) is 9.53. The van der Waals surface area contributed by atoms with Crippen LogP contribution in [0.2, 0.25) is 0 Å². The quantitative estimate of drug-likeness (QED) is 0.847. The normalized spacial score (nSPS) is 27.6. The Hall–Kier alpha value is -1.39. The van der Waals surface area contributed by atoms with Crippen molar-refractivity contribution in [3.8, 4) is 0 Å². The summed E-state index contributed by atoms with van der Waals surface area (Å²) in [5, 5.41) is 0. The maximum Gasteiger partial charge on any atom is 0.247 e. The molecule has 1 aromatic carbocycles. The molecule has 1 aromatic rings. The molecule has 1 unspecified atom stereocenters. The van der Waals surface area contributed by atoms with Crippen LogP contribution in [0.1, 0.15) is 25.7 Å². The zero-order chi connectivity index (χ0) is 12.5. The van der Waals surface area contributed by atoms with Gasteiger partial charge < -0.3 is 15.2 Å². The van der Waals surface area contributed by atoms with Crippen LogP contribution in [0.4, 0.5) is 0 Å². The van der Waals surface area contributed by atoms with Gasteiger partial charge in [-0.3, -0.25) is 4.79 Å². The molecule has 1 fully saturated rings. The zero-order valence-electron chi connectivity index (χ0n) is 10.1. The van der Waals surface area contributed by atoms with Gasteiger partial charge in [0.2, 0.25) is 5.91 Å². The monoisotopic (exact) mass is 235 g/mol. The summed E-state index contributed by atoms with van der Waals surface area (Å²) < 4.78 is 11.3. The molecule has 0 spiro atoms. The van der Waals surface area contributed by atoms with E-state index in [1.165, 1.54) is 0 Å². The van der Waals surface area contributed by atoms with Crippen molar-refractivity contribution in [3.63, 3.8) is 0 Å². The minimum atomic E-state index is -0.624. The highest BCUT2D eigenvalue weighted by Crippen LogP contribution is 2.36. The molecular weight excluding hydrogens is 218 g/mol. The largest absolute Gasteiger partial charge is 0.367 e. The van der Waals surface area contributed by atoms with E-state index in [2.05, 4.69) is 0 Å². The molecule has 1 heterocycles. The molecular formula is C13H17NO3. The van der Waals surface area contributed by atoms with E-state index in [9.17, 15) is 4.79 Å². The number of primary amides is 1. The lowest BCUT2D eigenvalue weighted by Crippen LogP contribution is -2.50. The lowest BCUT2D eigenvalue weighted by molar-refractivity contribution is -0.257. The Morgan fingerprint density at radius 3 is 2.59 bits per heavy atom. The van der Waals surface area contributed by atoms with Crippen molar-refractivity contribution in [1.82, 2.24) is 0 Å². The third-order valence-electron chi connectivity index (χ3n) is 2.91. The van der Waals surface area contributed by atoms with Crippen LogP contribution in [0.5, 0.6) is 0 Å². The van der Waals surface area contributed by atoms with Crippen LogP contribution in [-0.4, -0.2) is 18.6 Å². The summed E-state index contributed by atoms with van der Waals surface area (Å²) in [4.78, 5) is 11.4. The summed E-state index contributed by atoms with van der Waals surface area (Å²) >= 11 is 0. The number of ether oxygens (including phenoxy) is 2. The smallest absolute Gasteiger partial charge is 0.247 e. The van der Waals surface area contributed by atoms with Gasteiger partial charge >= 0.3 is 0 Å². The molecule has 1 aliphatic heterocycles. The van der Waals surface area contributed by atoms with Crippen molar-refractivity contribution in [2.45, 2.75) is 26.2 Å². The van der Waals surface area contributed by atoms with Gasteiger partial charge in [0.1, 0.15) is 6.10 Å². The van der Waals surface area contributed by atoms with Crippen LogP contribution in [0.15, 0.2) is 30.3 Å². The number of hydrogen-bond donors (Lipinski definition) is 1. The molecule has 92 valence electrons. The van der Waals surface area contributed by atoms with Gasteiger partial charge in [0.15, 0.2) is 6.29 Å². The predicted molar refractivity (Wildman–Crippen MR) is 63.0 cm³/mol. The highest BCUT2D eigenvalue weighted by atomic mass is 16.7. The first-order chi connectivity index (χ1) is 8.00. The Labute approximate surface area is 101 Å². The van der Waals surface area contributed by atoms with Crippen molar-refractivity contribution in [3.05, 3.63) is 35.9 Å². The Balaban J connectivity index is 2.18. The molecule has 4 nitrogen and oxygen atoms in total. The first-order valence-corrected chi connectivity index (χ1v) is 5.62. The van der Waals surface area contributed by atoms with E-state index in [-0.39, 0.29) is 0 Å². The molecule has 2 atom stereocenters. The maximum atomic E-state index is 11.4. The second-order valence-electron chi connectivity index (χ2n) is 4.96. The van der Waals surface area contributed by atoms with Crippen LogP contribution in [0, 0.1) is 5.41 Å². The van der Waals surface area contributed by atoms with Crippen LogP contribution in [-0.2, 0) is 14.3 Å². The standard InChI is InChI=1S/C13H17NO3/c1-13(2)8-16-12(17-10(13)11(14)15)9-6-4-3-5-7-9/h3-7,10,12H,8H2,1-2H3,(H2,14,15)/t10-,12?/m0/s1. The fourth-order valence-corrected chi connectivity index (χ4v) is 1.95. The number of benzene rings is 1. The van der Waals surface area contributed by atoms with Gasteiger partial charge in [0.05, 0.1) is 6.61 Å². The van der Waals surface area contributed by atoms with E-state index >= 15 is 0 Å². The lowest BCUT2D eigenvalue weighted by atomic mass is 9.86. The fourth-order valence-electron chi connectivity index (χ4n) is 1.95. The molecule has 2 N–H and O–H groups in total. The molecule has 0 aliphatic carbocycles. The van der Waals surface area contributed by atoms with Gasteiger partial charge in [0, 0.05) is 11.0 Å². The number of rotatable bonds is 2. The fraction of sp³-hybridized carbons (Fsp3) is 0.462. The van der Waals surface area contributed by atoms with E-state index in [1.54, 1.807) is 0 Å². The van der Waals surface area contributed by atoms with Crippen LogP contribution < -0.4 is 5.73 Å². The average molecular weight is 235 g/mol. The molecule has 0 bridgehead atoms. The van der Waals surface area contributed by atoms with E-state index < -0.39 is 23.7 Å². The van der Waals surface area contributed by atoms with Crippen LogP contribution in [0.3, 0.4) is 0 Å². The number of hydrogen-bond acceptors (Lipinski definition) is 3. The Morgan fingerprint density at radius 1 is 1.35 bits per heavy atom. The molecule has 1 amide bonds. The van der Waals surface area contributed by atoms with Gasteiger partial charge in [-0.15, -0.1) is 0 Å². The summed E-state index contributed by atoms with van der Waals surface area (Å²) in [5.41, 5.74) is 5.87. The third kappa shape index (κ3) is 2.48. The molecule has 2 rings (SSSR count). The number of carbonyl (C=O) groups excluding carboxylic acids is 1. The van der Waals surface area contributed by atoms with Gasteiger partial charge in [-0.1, -0.05) is 44.2 Å². The average Bonchev–Trinajstić information content (AvgIpc) is 2.29. The molecule has 4 heteroatoms. The van der Waals surface area contributed by atoms with E-state index in [0.29, 0.717) is 6.61 Å². The van der Waals surface area contributed by atoms with Crippen LogP contribution in [0.25, 0.3) is 0 Å². The lowest BCUT2D eigenvalue weighted by Gasteiger charge is -2.40. The second-order valence-corrected chi connectivity index (χ2v) is 4.96. The van der Waals surface area contributed by atoms with Crippen molar-refractivity contribution in [2.75, 3.05) is 6.61 Å². The Bertz CT molecular complexity index is 402. The first-order valence-electron chi connectivity index (χ1n) is 5.62. The summed E-state index contributed by atoms with van der Waals surface area (Å²) in [6.07, 6.45) is -1.14. The number of amides is 1. The number of nitrogens with two attached hydrogens (primary N) is 1. The van der Waals surface area contributed by atoms with Crippen molar-refractivity contribution in [2.24, 2.45) is 11.1 Å².